The summed E-state index contributed by atoms with van der Waals surface area (Å²) >= 11 is 11.8. The van der Waals surface area contributed by atoms with E-state index in [0.29, 0.717) is 28.0 Å². The molecule has 2 aliphatic rings. The molecular weight excluding hydrogens is 297 g/mol. The third-order valence-corrected chi connectivity index (χ3v) is 4.73. The Kier molecular flexibility index (Phi) is 4.24. The molecular formula is C14H19Cl2N3O. The van der Waals surface area contributed by atoms with Gasteiger partial charge in [-0.1, -0.05) is 29.6 Å². The Morgan fingerprint density at radius 3 is 2.65 bits per heavy atom. The average Bonchev–Trinajstić information content (AvgIpc) is 3.23. The average molecular weight is 316 g/mol. The largest absolute Gasteiger partial charge is 0.340 e. The van der Waals surface area contributed by atoms with E-state index in [1.165, 1.54) is 12.8 Å². The first-order valence-electron chi connectivity index (χ1n) is 7.23. The molecule has 1 unspecified atom stereocenters. The molecule has 1 amide bonds. The molecule has 0 bridgehead atoms. The number of piperidine rings is 1. The number of halogens is 2. The maximum atomic E-state index is 12.6. The molecule has 4 nitrogen and oxygen atoms in total. The van der Waals surface area contributed by atoms with Gasteiger partial charge in [0.1, 0.15) is 10.8 Å². The van der Waals surface area contributed by atoms with Crippen molar-refractivity contribution >= 4 is 29.1 Å². The lowest BCUT2D eigenvalue weighted by molar-refractivity contribution is 0.0712. The van der Waals surface area contributed by atoms with E-state index in [4.69, 9.17) is 23.2 Å². The zero-order valence-corrected chi connectivity index (χ0v) is 12.8. The second-order valence-corrected chi connectivity index (χ2v) is 6.47. The molecule has 2 N–H and O–H groups in total. The van der Waals surface area contributed by atoms with Crippen molar-refractivity contribution in [2.75, 3.05) is 13.1 Å². The Balaban J connectivity index is 1.71. The number of hydrogen-bond acceptors (Lipinski definition) is 2. The Labute approximate surface area is 128 Å². The van der Waals surface area contributed by atoms with E-state index in [-0.39, 0.29) is 5.91 Å². The van der Waals surface area contributed by atoms with Crippen molar-refractivity contribution in [3.8, 4) is 0 Å². The lowest BCUT2D eigenvalue weighted by Gasteiger charge is -2.30. The molecule has 1 aromatic heterocycles. The van der Waals surface area contributed by atoms with Crippen LogP contribution in [0.4, 0.5) is 0 Å². The van der Waals surface area contributed by atoms with Gasteiger partial charge in [0.05, 0.1) is 5.02 Å². The van der Waals surface area contributed by atoms with Crippen LogP contribution >= 0.6 is 23.2 Å². The lowest BCUT2D eigenvalue weighted by atomic mass is 10.0. The quantitative estimate of drug-likeness (QED) is 0.897. The second-order valence-electron chi connectivity index (χ2n) is 5.68. The van der Waals surface area contributed by atoms with Gasteiger partial charge in [0.25, 0.3) is 5.91 Å². The number of amides is 1. The summed E-state index contributed by atoms with van der Waals surface area (Å²) < 4.78 is 0. The van der Waals surface area contributed by atoms with Crippen LogP contribution in [0, 0.1) is 0 Å². The van der Waals surface area contributed by atoms with Crippen LogP contribution in [0.25, 0.3) is 0 Å². The molecule has 3 rings (SSSR count). The standard InChI is InChI=1S/C14H19Cl2N3O/c15-11-7-12(18-13(11)16)14(20)19(10-4-5-10)8-9-3-1-2-6-17-9/h7,9-10,17-18H,1-6,8H2. The molecule has 0 spiro atoms. The summed E-state index contributed by atoms with van der Waals surface area (Å²) in [7, 11) is 0. The number of rotatable bonds is 4. The van der Waals surface area contributed by atoms with Gasteiger partial charge in [-0.25, -0.2) is 0 Å². The van der Waals surface area contributed by atoms with Gasteiger partial charge in [0, 0.05) is 18.6 Å². The minimum atomic E-state index is 0.00803. The zero-order valence-electron chi connectivity index (χ0n) is 11.3. The number of nitrogens with zero attached hydrogens (tertiary/aromatic N) is 1. The monoisotopic (exact) mass is 315 g/mol. The number of aromatic amines is 1. The Morgan fingerprint density at radius 1 is 1.30 bits per heavy atom. The topological polar surface area (TPSA) is 48.1 Å². The fraction of sp³-hybridized carbons (Fsp3) is 0.643. The maximum absolute atomic E-state index is 12.6. The number of aromatic nitrogens is 1. The van der Waals surface area contributed by atoms with Crippen LogP contribution in [-0.2, 0) is 0 Å². The van der Waals surface area contributed by atoms with Gasteiger partial charge in [0.2, 0.25) is 0 Å². The maximum Gasteiger partial charge on any atom is 0.270 e. The Hall–Kier alpha value is -0.710. The summed E-state index contributed by atoms with van der Waals surface area (Å²) in [6.07, 6.45) is 5.81. The highest BCUT2D eigenvalue weighted by molar-refractivity contribution is 6.41. The smallest absolute Gasteiger partial charge is 0.270 e. The molecule has 2 heterocycles. The molecule has 1 saturated heterocycles. The van der Waals surface area contributed by atoms with E-state index >= 15 is 0 Å². The zero-order chi connectivity index (χ0) is 14.1. The van der Waals surface area contributed by atoms with Crippen LogP contribution in [0.5, 0.6) is 0 Å². The van der Waals surface area contributed by atoms with E-state index in [0.717, 1.165) is 32.4 Å². The van der Waals surface area contributed by atoms with E-state index in [1.54, 1.807) is 6.07 Å². The molecule has 110 valence electrons. The third-order valence-electron chi connectivity index (χ3n) is 4.03. The van der Waals surface area contributed by atoms with Gasteiger partial charge >= 0.3 is 0 Å². The van der Waals surface area contributed by atoms with Crippen molar-refractivity contribution in [2.45, 2.75) is 44.2 Å². The van der Waals surface area contributed by atoms with Crippen molar-refractivity contribution in [3.63, 3.8) is 0 Å². The number of carbonyl (C=O) groups excluding carboxylic acids is 1. The SMILES string of the molecule is O=C(c1cc(Cl)c(Cl)[nH]1)N(CC1CCCCN1)C1CC1. The summed E-state index contributed by atoms with van der Waals surface area (Å²) in [5, 5.41) is 4.24. The lowest BCUT2D eigenvalue weighted by Crippen LogP contribution is -2.46. The fourth-order valence-corrected chi connectivity index (χ4v) is 3.09. The molecule has 20 heavy (non-hydrogen) atoms. The third kappa shape index (κ3) is 3.13. The first-order valence-corrected chi connectivity index (χ1v) is 7.99. The molecule has 0 radical (unpaired) electrons. The molecule has 1 atom stereocenters. The van der Waals surface area contributed by atoms with Gasteiger partial charge < -0.3 is 15.2 Å². The van der Waals surface area contributed by atoms with E-state index in [2.05, 4.69) is 10.3 Å². The van der Waals surface area contributed by atoms with Crippen molar-refractivity contribution in [1.82, 2.24) is 15.2 Å². The number of carbonyl (C=O) groups is 1. The van der Waals surface area contributed by atoms with E-state index in [9.17, 15) is 4.79 Å². The minimum absolute atomic E-state index is 0.00803. The molecule has 0 aromatic carbocycles. The number of hydrogen-bond donors (Lipinski definition) is 2. The highest BCUT2D eigenvalue weighted by Gasteiger charge is 2.35. The fourth-order valence-electron chi connectivity index (χ4n) is 2.78. The van der Waals surface area contributed by atoms with Gasteiger partial charge in [-0.2, -0.15) is 0 Å². The molecule has 1 aromatic rings. The normalized spacial score (nSPS) is 22.8. The molecule has 1 saturated carbocycles. The van der Waals surface area contributed by atoms with Gasteiger partial charge in [-0.05, 0) is 38.3 Å². The van der Waals surface area contributed by atoms with E-state index in [1.807, 2.05) is 4.90 Å². The van der Waals surface area contributed by atoms with Crippen molar-refractivity contribution in [2.24, 2.45) is 0 Å². The van der Waals surface area contributed by atoms with Crippen LogP contribution in [0.2, 0.25) is 10.2 Å². The summed E-state index contributed by atoms with van der Waals surface area (Å²) in [6, 6.07) is 2.41. The van der Waals surface area contributed by atoms with Crippen molar-refractivity contribution in [1.29, 1.82) is 0 Å². The predicted octanol–water partition coefficient (Wildman–Crippen LogP) is 3.07. The Morgan fingerprint density at radius 2 is 2.10 bits per heavy atom. The highest BCUT2D eigenvalue weighted by atomic mass is 35.5. The van der Waals surface area contributed by atoms with Gasteiger partial charge in [0.15, 0.2) is 0 Å². The summed E-state index contributed by atoms with van der Waals surface area (Å²) in [5.74, 6) is 0.00803. The van der Waals surface area contributed by atoms with Crippen LogP contribution in [-0.4, -0.2) is 41.0 Å². The van der Waals surface area contributed by atoms with Gasteiger partial charge in [-0.3, -0.25) is 4.79 Å². The Bertz CT molecular complexity index is 473. The van der Waals surface area contributed by atoms with Crippen molar-refractivity contribution < 1.29 is 4.79 Å². The van der Waals surface area contributed by atoms with Crippen LogP contribution in [0.3, 0.4) is 0 Å². The first kappa shape index (κ1) is 14.2. The van der Waals surface area contributed by atoms with E-state index < -0.39 is 0 Å². The van der Waals surface area contributed by atoms with Crippen LogP contribution in [0.1, 0.15) is 42.6 Å². The number of H-pyrrole nitrogens is 1. The highest BCUT2D eigenvalue weighted by Crippen LogP contribution is 2.30. The van der Waals surface area contributed by atoms with Crippen molar-refractivity contribution in [3.05, 3.63) is 21.9 Å². The summed E-state index contributed by atoms with van der Waals surface area (Å²) in [6.45, 7) is 1.83. The van der Waals surface area contributed by atoms with Crippen LogP contribution in [0.15, 0.2) is 6.07 Å². The van der Waals surface area contributed by atoms with Gasteiger partial charge in [-0.15, -0.1) is 0 Å². The molecule has 6 heteroatoms. The summed E-state index contributed by atoms with van der Waals surface area (Å²) in [4.78, 5) is 17.5. The van der Waals surface area contributed by atoms with Crippen LogP contribution < -0.4 is 5.32 Å². The molecule has 2 fully saturated rings. The number of nitrogens with one attached hydrogen (secondary N) is 2. The molecule has 1 aliphatic heterocycles. The second kappa shape index (κ2) is 5.96. The first-order chi connectivity index (χ1) is 9.65. The summed E-state index contributed by atoms with van der Waals surface area (Å²) in [5.41, 5.74) is 0.489. The predicted molar refractivity (Wildman–Crippen MR) is 80.5 cm³/mol. The molecule has 1 aliphatic carbocycles. The minimum Gasteiger partial charge on any atom is -0.340 e.